The van der Waals surface area contributed by atoms with E-state index in [2.05, 4.69) is 20.6 Å². The van der Waals surface area contributed by atoms with Crippen LogP contribution in [0, 0.1) is 0 Å². The van der Waals surface area contributed by atoms with Crippen molar-refractivity contribution in [3.05, 3.63) is 53.5 Å². The molecule has 2 amide bonds. The Bertz CT molecular complexity index is 778. The van der Waals surface area contributed by atoms with Crippen molar-refractivity contribution < 1.29 is 22.8 Å². The molecule has 0 aromatic carbocycles. The lowest BCUT2D eigenvalue weighted by Gasteiger charge is -2.09. The normalized spacial score (nSPS) is 11.0. The molecule has 0 saturated heterocycles. The molecule has 2 rings (SSSR count). The van der Waals surface area contributed by atoms with Gasteiger partial charge in [-0.05, 0) is 24.3 Å². The lowest BCUT2D eigenvalue weighted by atomic mass is 10.2. The molecule has 0 bridgehead atoms. The van der Waals surface area contributed by atoms with Crippen LogP contribution >= 0.6 is 0 Å². The van der Waals surface area contributed by atoms with Crippen molar-refractivity contribution in [2.75, 3.05) is 5.32 Å². The molecule has 0 fully saturated rings. The molecule has 2 aromatic heterocycles. The van der Waals surface area contributed by atoms with Crippen LogP contribution in [0.3, 0.4) is 0 Å². The number of halogens is 3. The summed E-state index contributed by atoms with van der Waals surface area (Å²) in [4.78, 5) is 30.8. The first-order valence-electron chi connectivity index (χ1n) is 7.37. The maximum atomic E-state index is 12.6. The molecule has 9 heteroatoms. The standard InChI is InChI=1S/C16H15F3N4O2/c1-2-14(24)23-13-8-10(6-7-20-13)15(25)21-9-11-4-3-5-12(22-11)16(17,18)19/h3-8H,2,9H2,1H3,(H,21,25)(H,20,23,24). The second-order valence-corrected chi connectivity index (χ2v) is 5.03. The van der Waals surface area contributed by atoms with Gasteiger partial charge in [-0.15, -0.1) is 0 Å². The number of carbonyl (C=O) groups is 2. The van der Waals surface area contributed by atoms with E-state index in [1.165, 1.54) is 30.5 Å². The van der Waals surface area contributed by atoms with E-state index in [0.29, 0.717) is 0 Å². The van der Waals surface area contributed by atoms with Gasteiger partial charge in [-0.2, -0.15) is 13.2 Å². The second kappa shape index (κ2) is 7.73. The number of nitrogens with zero attached hydrogens (tertiary/aromatic N) is 2. The number of alkyl halides is 3. The molecule has 0 aliphatic heterocycles. The minimum Gasteiger partial charge on any atom is -0.346 e. The molecule has 0 aliphatic rings. The lowest BCUT2D eigenvalue weighted by molar-refractivity contribution is -0.141. The summed E-state index contributed by atoms with van der Waals surface area (Å²) in [6.45, 7) is 1.51. The first-order chi connectivity index (χ1) is 11.8. The number of rotatable bonds is 5. The van der Waals surface area contributed by atoms with Crippen LogP contribution in [0.2, 0.25) is 0 Å². The molecule has 2 heterocycles. The highest BCUT2D eigenvalue weighted by Gasteiger charge is 2.32. The Morgan fingerprint density at radius 2 is 1.96 bits per heavy atom. The fourth-order valence-corrected chi connectivity index (χ4v) is 1.88. The monoisotopic (exact) mass is 352 g/mol. The number of nitrogens with one attached hydrogen (secondary N) is 2. The molecule has 0 unspecified atom stereocenters. The predicted molar refractivity (Wildman–Crippen MR) is 83.6 cm³/mol. The van der Waals surface area contributed by atoms with Crippen LogP contribution in [0.1, 0.15) is 35.1 Å². The van der Waals surface area contributed by atoms with Crippen LogP contribution in [0.5, 0.6) is 0 Å². The summed E-state index contributed by atoms with van der Waals surface area (Å²) >= 11 is 0. The highest BCUT2D eigenvalue weighted by Crippen LogP contribution is 2.27. The average molecular weight is 352 g/mol. The molecule has 6 nitrogen and oxygen atoms in total. The average Bonchev–Trinajstić information content (AvgIpc) is 2.59. The molecule has 25 heavy (non-hydrogen) atoms. The van der Waals surface area contributed by atoms with Gasteiger partial charge in [0.05, 0.1) is 12.2 Å². The minimum absolute atomic E-state index is 0.0803. The van der Waals surface area contributed by atoms with Crippen LogP contribution in [-0.2, 0) is 17.5 Å². The fraction of sp³-hybridized carbons (Fsp3) is 0.250. The summed E-state index contributed by atoms with van der Waals surface area (Å²) in [6.07, 6.45) is -2.93. The predicted octanol–water partition coefficient (Wildman–Crippen LogP) is 2.77. The van der Waals surface area contributed by atoms with Crippen molar-refractivity contribution >= 4 is 17.6 Å². The fourth-order valence-electron chi connectivity index (χ4n) is 1.88. The van der Waals surface area contributed by atoms with Crippen LogP contribution in [-0.4, -0.2) is 21.8 Å². The maximum Gasteiger partial charge on any atom is 0.433 e. The van der Waals surface area contributed by atoms with Crippen molar-refractivity contribution in [2.24, 2.45) is 0 Å². The van der Waals surface area contributed by atoms with Gasteiger partial charge in [0, 0.05) is 18.2 Å². The Morgan fingerprint density at radius 1 is 1.20 bits per heavy atom. The number of hydrogen-bond donors (Lipinski definition) is 2. The molecule has 0 spiro atoms. The van der Waals surface area contributed by atoms with Crippen LogP contribution in [0.15, 0.2) is 36.5 Å². The van der Waals surface area contributed by atoms with Gasteiger partial charge in [-0.3, -0.25) is 9.59 Å². The van der Waals surface area contributed by atoms with E-state index < -0.39 is 17.8 Å². The zero-order valence-electron chi connectivity index (χ0n) is 13.2. The Hall–Kier alpha value is -2.97. The number of anilines is 1. The highest BCUT2D eigenvalue weighted by atomic mass is 19.4. The molecule has 2 N–H and O–H groups in total. The van der Waals surface area contributed by atoms with Gasteiger partial charge < -0.3 is 10.6 Å². The molecule has 0 radical (unpaired) electrons. The van der Waals surface area contributed by atoms with Crippen molar-refractivity contribution in [2.45, 2.75) is 26.1 Å². The number of hydrogen-bond acceptors (Lipinski definition) is 4. The van der Waals surface area contributed by atoms with Crippen molar-refractivity contribution in [3.63, 3.8) is 0 Å². The summed E-state index contributed by atoms with van der Waals surface area (Å²) < 4.78 is 37.9. The third-order valence-electron chi connectivity index (χ3n) is 3.14. The van der Waals surface area contributed by atoms with Gasteiger partial charge in [-0.25, -0.2) is 9.97 Å². The maximum absolute atomic E-state index is 12.6. The zero-order chi connectivity index (χ0) is 18.4. The topological polar surface area (TPSA) is 84.0 Å². The van der Waals surface area contributed by atoms with E-state index in [4.69, 9.17) is 0 Å². The summed E-state index contributed by atoms with van der Waals surface area (Å²) in [5.74, 6) is -0.552. The van der Waals surface area contributed by atoms with Gasteiger partial charge in [0.2, 0.25) is 5.91 Å². The van der Waals surface area contributed by atoms with E-state index in [9.17, 15) is 22.8 Å². The van der Waals surface area contributed by atoms with Gasteiger partial charge in [-0.1, -0.05) is 13.0 Å². The lowest BCUT2D eigenvalue weighted by Crippen LogP contribution is -2.24. The van der Waals surface area contributed by atoms with E-state index in [0.717, 1.165) is 6.07 Å². The highest BCUT2D eigenvalue weighted by molar-refractivity contribution is 5.96. The number of carbonyl (C=O) groups excluding carboxylic acids is 2. The number of amides is 2. The molecule has 2 aromatic rings. The zero-order valence-corrected chi connectivity index (χ0v) is 13.2. The van der Waals surface area contributed by atoms with Gasteiger partial charge in [0.15, 0.2) is 0 Å². The van der Waals surface area contributed by atoms with Crippen molar-refractivity contribution in [1.82, 2.24) is 15.3 Å². The number of aromatic nitrogens is 2. The SMILES string of the molecule is CCC(=O)Nc1cc(C(=O)NCc2cccc(C(F)(F)F)n2)ccn1. The van der Waals surface area contributed by atoms with Crippen molar-refractivity contribution in [1.29, 1.82) is 0 Å². The Balaban J connectivity index is 2.03. The molecule has 132 valence electrons. The van der Waals surface area contributed by atoms with Gasteiger partial charge in [0.25, 0.3) is 5.91 Å². The van der Waals surface area contributed by atoms with Crippen LogP contribution < -0.4 is 10.6 Å². The first-order valence-corrected chi connectivity index (χ1v) is 7.37. The Morgan fingerprint density at radius 3 is 2.64 bits per heavy atom. The van der Waals surface area contributed by atoms with E-state index in [1.807, 2.05) is 0 Å². The largest absolute Gasteiger partial charge is 0.433 e. The molecule has 0 atom stereocenters. The second-order valence-electron chi connectivity index (χ2n) is 5.03. The molecule has 0 saturated carbocycles. The van der Waals surface area contributed by atoms with Crippen molar-refractivity contribution in [3.8, 4) is 0 Å². The minimum atomic E-state index is -4.54. The first kappa shape index (κ1) is 18.4. The summed E-state index contributed by atoms with van der Waals surface area (Å²) in [5, 5.41) is 5.00. The third-order valence-corrected chi connectivity index (χ3v) is 3.14. The van der Waals surface area contributed by atoms with Crippen LogP contribution in [0.25, 0.3) is 0 Å². The Kier molecular flexibility index (Phi) is 5.68. The summed E-state index contributed by atoms with van der Waals surface area (Å²) in [7, 11) is 0. The smallest absolute Gasteiger partial charge is 0.346 e. The van der Waals surface area contributed by atoms with Gasteiger partial charge in [0.1, 0.15) is 11.5 Å². The summed E-state index contributed by atoms with van der Waals surface area (Å²) in [5.41, 5.74) is -0.724. The quantitative estimate of drug-likeness (QED) is 0.867. The van der Waals surface area contributed by atoms with E-state index in [1.54, 1.807) is 6.92 Å². The Labute approximate surface area is 141 Å². The summed E-state index contributed by atoms with van der Waals surface area (Å²) in [6, 6.07) is 6.27. The third kappa shape index (κ3) is 5.27. The molecule has 0 aliphatic carbocycles. The molecular weight excluding hydrogens is 337 g/mol. The number of pyridine rings is 2. The van der Waals surface area contributed by atoms with E-state index in [-0.39, 0.29) is 35.9 Å². The molecular formula is C16H15F3N4O2. The van der Waals surface area contributed by atoms with E-state index >= 15 is 0 Å². The van der Waals surface area contributed by atoms with Gasteiger partial charge >= 0.3 is 6.18 Å². The van der Waals surface area contributed by atoms with Crippen LogP contribution in [0.4, 0.5) is 19.0 Å².